The molecule has 0 aliphatic rings. The lowest BCUT2D eigenvalue weighted by Gasteiger charge is -2.10. The van der Waals surface area contributed by atoms with Gasteiger partial charge in [0.1, 0.15) is 5.02 Å². The monoisotopic (exact) mass is 378 g/mol. The first-order chi connectivity index (χ1) is 12.3. The second-order valence-electron chi connectivity index (χ2n) is 4.82. The van der Waals surface area contributed by atoms with Crippen LogP contribution in [0.5, 0.6) is 11.5 Å². The summed E-state index contributed by atoms with van der Waals surface area (Å²) in [4.78, 5) is 32.1. The Morgan fingerprint density at radius 3 is 2.46 bits per heavy atom. The minimum Gasteiger partial charge on any atom is -0.493 e. The molecule has 0 aliphatic heterocycles. The van der Waals surface area contributed by atoms with E-state index in [1.165, 1.54) is 43.5 Å². The Kier molecular flexibility index (Phi) is 5.86. The van der Waals surface area contributed by atoms with Gasteiger partial charge in [0, 0.05) is 12.1 Å². The van der Waals surface area contributed by atoms with Gasteiger partial charge in [-0.2, -0.15) is 0 Å². The van der Waals surface area contributed by atoms with Crippen molar-refractivity contribution < 1.29 is 24.1 Å². The summed E-state index contributed by atoms with van der Waals surface area (Å²) in [6, 6.07) is 7.83. The molecule has 0 unspecified atom stereocenters. The lowest BCUT2D eigenvalue weighted by atomic mass is 10.2. The fraction of sp³-hybridized carbons (Fsp3) is 0.0625. The lowest BCUT2D eigenvalue weighted by Crippen LogP contribution is -2.10. The third-order valence-corrected chi connectivity index (χ3v) is 3.48. The van der Waals surface area contributed by atoms with Crippen molar-refractivity contribution in [1.82, 2.24) is 0 Å². The summed E-state index contributed by atoms with van der Waals surface area (Å²) in [6.45, 7) is 0. The van der Waals surface area contributed by atoms with Gasteiger partial charge < -0.3 is 9.47 Å². The predicted molar refractivity (Wildman–Crippen MR) is 92.1 cm³/mol. The van der Waals surface area contributed by atoms with Gasteiger partial charge in [0.15, 0.2) is 11.5 Å². The third kappa shape index (κ3) is 4.54. The summed E-state index contributed by atoms with van der Waals surface area (Å²) < 4.78 is 10.3. The largest absolute Gasteiger partial charge is 0.493 e. The topological polar surface area (TPSA) is 122 Å². The lowest BCUT2D eigenvalue weighted by molar-refractivity contribution is -0.400. The van der Waals surface area contributed by atoms with Crippen LogP contribution >= 0.6 is 11.6 Å². The fourth-order valence-electron chi connectivity index (χ4n) is 1.96. The van der Waals surface area contributed by atoms with Crippen molar-refractivity contribution in [2.75, 3.05) is 7.11 Å². The highest BCUT2D eigenvalue weighted by atomic mass is 35.5. The van der Waals surface area contributed by atoms with Gasteiger partial charge >= 0.3 is 5.97 Å². The highest BCUT2D eigenvalue weighted by Crippen LogP contribution is 2.30. The summed E-state index contributed by atoms with van der Waals surface area (Å²) >= 11 is 5.70. The molecule has 0 spiro atoms. The van der Waals surface area contributed by atoms with Crippen molar-refractivity contribution in [3.05, 3.63) is 79.0 Å². The van der Waals surface area contributed by atoms with Crippen molar-refractivity contribution >= 4 is 29.3 Å². The average Bonchev–Trinajstić information content (AvgIpc) is 2.60. The molecule has 2 rings (SSSR count). The maximum Gasteiger partial charge on any atom is 0.343 e. The van der Waals surface area contributed by atoms with E-state index in [-0.39, 0.29) is 22.1 Å². The van der Waals surface area contributed by atoms with Gasteiger partial charge in [-0.25, -0.2) is 4.79 Å². The van der Waals surface area contributed by atoms with Crippen LogP contribution in [-0.2, 0) is 0 Å². The predicted octanol–water partition coefficient (Wildman–Crippen LogP) is 3.72. The normalized spacial score (nSPS) is 10.5. The van der Waals surface area contributed by atoms with Crippen molar-refractivity contribution in [2.45, 2.75) is 0 Å². The van der Waals surface area contributed by atoms with Crippen molar-refractivity contribution in [1.29, 1.82) is 0 Å². The maximum atomic E-state index is 12.2. The molecule has 0 fully saturated rings. The molecular weight excluding hydrogens is 368 g/mol. The van der Waals surface area contributed by atoms with E-state index in [0.29, 0.717) is 5.56 Å². The van der Waals surface area contributed by atoms with E-state index in [1.54, 1.807) is 0 Å². The number of nitro benzene ring substituents is 1. The zero-order valence-corrected chi connectivity index (χ0v) is 14.0. The second kappa shape index (κ2) is 8.08. The van der Waals surface area contributed by atoms with Crippen LogP contribution in [0.3, 0.4) is 0 Å². The van der Waals surface area contributed by atoms with Crippen LogP contribution in [0.1, 0.15) is 15.9 Å². The second-order valence-corrected chi connectivity index (χ2v) is 5.23. The van der Waals surface area contributed by atoms with Crippen LogP contribution in [0, 0.1) is 20.2 Å². The summed E-state index contributed by atoms with van der Waals surface area (Å²) in [5, 5.41) is 21.1. The molecule has 0 aliphatic carbocycles. The number of carbonyl (C=O) groups excluding carboxylic acids is 1. The van der Waals surface area contributed by atoms with Gasteiger partial charge in [-0.3, -0.25) is 20.2 Å². The molecule has 0 N–H and O–H groups in total. The summed E-state index contributed by atoms with van der Waals surface area (Å²) in [5.74, 6) is -0.641. The van der Waals surface area contributed by atoms with Crippen LogP contribution in [0.4, 0.5) is 5.69 Å². The molecule has 0 atom stereocenters. The van der Waals surface area contributed by atoms with Crippen LogP contribution in [0.25, 0.3) is 6.08 Å². The van der Waals surface area contributed by atoms with Gasteiger partial charge in [0.25, 0.3) is 5.69 Å². The number of hydrogen-bond acceptors (Lipinski definition) is 7. The summed E-state index contributed by atoms with van der Waals surface area (Å²) in [7, 11) is 1.33. The smallest absolute Gasteiger partial charge is 0.343 e. The van der Waals surface area contributed by atoms with E-state index in [0.717, 1.165) is 12.3 Å². The first kappa shape index (κ1) is 18.9. The molecule has 0 bridgehead atoms. The molecule has 0 aromatic heterocycles. The molecule has 2 aromatic carbocycles. The molecule has 0 radical (unpaired) electrons. The van der Waals surface area contributed by atoms with Gasteiger partial charge in [-0.1, -0.05) is 17.7 Å². The number of halogens is 1. The molecule has 10 heteroatoms. The van der Waals surface area contributed by atoms with E-state index in [1.807, 2.05) is 0 Å². The Balaban J connectivity index is 2.27. The Hall–Kier alpha value is -3.46. The number of ether oxygens (including phenoxy) is 2. The molecular formula is C16H11ClN2O7. The quantitative estimate of drug-likeness (QED) is 0.325. The third-order valence-electron chi connectivity index (χ3n) is 3.16. The van der Waals surface area contributed by atoms with E-state index in [4.69, 9.17) is 21.1 Å². The average molecular weight is 379 g/mol. The van der Waals surface area contributed by atoms with Crippen LogP contribution < -0.4 is 9.47 Å². The first-order valence-electron chi connectivity index (χ1n) is 6.97. The molecule has 0 saturated carbocycles. The van der Waals surface area contributed by atoms with Crippen LogP contribution in [0.15, 0.2) is 42.6 Å². The minimum absolute atomic E-state index is 0.0494. The number of benzene rings is 2. The van der Waals surface area contributed by atoms with Gasteiger partial charge in [0.05, 0.1) is 22.5 Å². The molecule has 0 heterocycles. The first-order valence-corrected chi connectivity index (χ1v) is 7.35. The molecule has 2 aromatic rings. The van der Waals surface area contributed by atoms with E-state index >= 15 is 0 Å². The van der Waals surface area contributed by atoms with Crippen LogP contribution in [-0.4, -0.2) is 22.9 Å². The summed E-state index contributed by atoms with van der Waals surface area (Å²) in [6.07, 6.45) is 2.00. The van der Waals surface area contributed by atoms with Crippen molar-refractivity contribution in [3.63, 3.8) is 0 Å². The van der Waals surface area contributed by atoms with Crippen molar-refractivity contribution in [2.24, 2.45) is 0 Å². The Morgan fingerprint density at radius 1 is 1.12 bits per heavy atom. The number of nitrogens with zero attached hydrogens (tertiary/aromatic N) is 2. The SMILES string of the molecule is COc1cc(/C=C/[N+](=O)[O-])ccc1OC(=O)c1ccc(Cl)c([N+](=O)[O-])c1. The zero-order valence-electron chi connectivity index (χ0n) is 13.2. The Bertz CT molecular complexity index is 911. The van der Waals surface area contributed by atoms with Crippen molar-refractivity contribution in [3.8, 4) is 11.5 Å². The molecule has 0 saturated heterocycles. The zero-order chi connectivity index (χ0) is 19.3. The number of methoxy groups -OCH3 is 1. The van der Waals surface area contributed by atoms with E-state index < -0.39 is 21.5 Å². The van der Waals surface area contributed by atoms with Gasteiger partial charge in [-0.15, -0.1) is 0 Å². The Morgan fingerprint density at radius 2 is 1.85 bits per heavy atom. The molecule has 134 valence electrons. The number of rotatable bonds is 6. The van der Waals surface area contributed by atoms with E-state index in [2.05, 4.69) is 0 Å². The standard InChI is InChI=1S/C16H11ClN2O7/c1-25-15-8-10(6-7-18(21)22)2-5-14(15)26-16(20)11-3-4-12(17)13(9-11)19(23)24/h2-9H,1H3/b7-6+. The fourth-order valence-corrected chi connectivity index (χ4v) is 2.14. The molecule has 26 heavy (non-hydrogen) atoms. The Labute approximate surface area is 151 Å². The number of nitro groups is 2. The molecule has 9 nitrogen and oxygen atoms in total. The number of hydrogen-bond donors (Lipinski definition) is 0. The van der Waals surface area contributed by atoms with Gasteiger partial charge in [-0.05, 0) is 29.8 Å². The minimum atomic E-state index is -0.850. The van der Waals surface area contributed by atoms with Crippen LogP contribution in [0.2, 0.25) is 5.02 Å². The number of esters is 1. The van der Waals surface area contributed by atoms with Gasteiger partial charge in [0.2, 0.25) is 6.20 Å². The van der Waals surface area contributed by atoms with E-state index in [9.17, 15) is 25.0 Å². The number of carbonyl (C=O) groups is 1. The highest BCUT2D eigenvalue weighted by Gasteiger charge is 2.19. The molecule has 0 amide bonds. The summed E-state index contributed by atoms with van der Waals surface area (Å²) in [5.41, 5.74) is -0.0331. The highest BCUT2D eigenvalue weighted by molar-refractivity contribution is 6.32. The maximum absolute atomic E-state index is 12.2.